The van der Waals surface area contributed by atoms with Gasteiger partial charge in [0.1, 0.15) is 10.0 Å². The Labute approximate surface area is 269 Å². The molecule has 2 aromatic heterocycles. The van der Waals surface area contributed by atoms with Gasteiger partial charge in [-0.25, -0.2) is 9.97 Å². The standard InChI is InChI=1S/2C17H11NS2.Zn/c2*19-16-12-6-2-1-5-11(12)9-10-13(16)17-18-14-7-3-4-8-15(14)20-17;/h2*1-10,19H;/q;;+2/p-2. The first-order valence-electron chi connectivity index (χ1n) is 12.7. The minimum absolute atomic E-state index is 0. The van der Waals surface area contributed by atoms with Crippen LogP contribution in [0.1, 0.15) is 0 Å². The summed E-state index contributed by atoms with van der Waals surface area (Å²) in [5.41, 5.74) is 4.19. The topological polar surface area (TPSA) is 25.8 Å². The zero-order valence-electron chi connectivity index (χ0n) is 21.8. The van der Waals surface area contributed by atoms with Gasteiger partial charge in [0.2, 0.25) is 0 Å². The number of hydrogen-bond donors (Lipinski definition) is 0. The molecule has 0 unspecified atom stereocenters. The summed E-state index contributed by atoms with van der Waals surface area (Å²) in [6.45, 7) is 0. The maximum absolute atomic E-state index is 5.65. The molecule has 2 nitrogen and oxygen atoms in total. The molecule has 6 aromatic carbocycles. The van der Waals surface area contributed by atoms with Crippen molar-refractivity contribution in [3.8, 4) is 21.1 Å². The molecule has 2 heterocycles. The minimum Gasteiger partial charge on any atom is -0.778 e. The third-order valence-corrected chi connectivity index (χ3v) is 9.83. The summed E-state index contributed by atoms with van der Waals surface area (Å²) in [4.78, 5) is 11.2. The van der Waals surface area contributed by atoms with Crippen molar-refractivity contribution in [2.45, 2.75) is 9.79 Å². The Morgan fingerprint density at radius 2 is 0.829 bits per heavy atom. The second-order valence-corrected chi connectivity index (χ2v) is 12.2. The number of para-hydroxylation sites is 2. The van der Waals surface area contributed by atoms with Gasteiger partial charge in [0.15, 0.2) is 0 Å². The van der Waals surface area contributed by atoms with E-state index in [1.54, 1.807) is 22.7 Å². The van der Waals surface area contributed by atoms with Gasteiger partial charge in [-0.15, -0.1) is 22.7 Å². The molecule has 0 atom stereocenters. The van der Waals surface area contributed by atoms with Crippen LogP contribution in [-0.4, -0.2) is 9.97 Å². The molecule has 0 aliphatic carbocycles. The molecule has 0 saturated heterocycles. The van der Waals surface area contributed by atoms with Crippen molar-refractivity contribution < 1.29 is 19.5 Å². The molecule has 0 saturated carbocycles. The summed E-state index contributed by atoms with van der Waals surface area (Å²) in [6.07, 6.45) is 0. The predicted octanol–water partition coefficient (Wildman–Crippen LogP) is 10.0. The van der Waals surface area contributed by atoms with E-state index in [0.717, 1.165) is 52.7 Å². The molecule has 0 aliphatic rings. The van der Waals surface area contributed by atoms with Crippen LogP contribution in [0.5, 0.6) is 0 Å². The van der Waals surface area contributed by atoms with E-state index in [9.17, 15) is 0 Å². The molecule has 0 N–H and O–H groups in total. The molecule has 0 fully saturated rings. The Balaban J connectivity index is 0.000000144. The first-order valence-corrected chi connectivity index (χ1v) is 15.2. The molecule has 0 aliphatic heterocycles. The number of hydrogen-bond acceptors (Lipinski definition) is 6. The molecule has 0 bridgehead atoms. The van der Waals surface area contributed by atoms with Crippen LogP contribution >= 0.6 is 22.7 Å². The van der Waals surface area contributed by atoms with Crippen molar-refractivity contribution in [1.82, 2.24) is 9.97 Å². The maximum atomic E-state index is 5.65. The molecular weight excluding hydrogens is 630 g/mol. The monoisotopic (exact) mass is 648 g/mol. The molecule has 41 heavy (non-hydrogen) atoms. The number of thiazole rings is 2. The van der Waals surface area contributed by atoms with E-state index in [2.05, 4.69) is 60.7 Å². The maximum Gasteiger partial charge on any atom is 2.00 e. The second kappa shape index (κ2) is 11.9. The SMILES string of the molecule is [S-]c1c(-c2nc3ccccc3s2)ccc2ccccc12.[S-]c1c(-c2nc3ccccc3s2)ccc2ccccc12.[Zn+2]. The fourth-order valence-electron chi connectivity index (χ4n) is 4.80. The Hall–Kier alpha value is -3.32. The number of rotatable bonds is 2. The summed E-state index contributed by atoms with van der Waals surface area (Å²) in [6, 6.07) is 41.3. The first kappa shape index (κ1) is 27.8. The van der Waals surface area contributed by atoms with E-state index in [4.69, 9.17) is 35.2 Å². The van der Waals surface area contributed by atoms with Gasteiger partial charge in [0, 0.05) is 0 Å². The van der Waals surface area contributed by atoms with Crippen molar-refractivity contribution >= 4 is 89.9 Å². The number of fused-ring (bicyclic) bond motifs is 4. The fraction of sp³-hybridized carbons (Fsp3) is 0. The molecule has 0 radical (unpaired) electrons. The molecule has 192 valence electrons. The van der Waals surface area contributed by atoms with E-state index in [1.165, 1.54) is 20.2 Å². The van der Waals surface area contributed by atoms with Gasteiger partial charge < -0.3 is 25.3 Å². The molecule has 7 heteroatoms. The summed E-state index contributed by atoms with van der Waals surface area (Å²) >= 11 is 14.7. The van der Waals surface area contributed by atoms with Gasteiger partial charge in [-0.1, -0.05) is 97.1 Å². The zero-order valence-corrected chi connectivity index (χ0v) is 28.0. The van der Waals surface area contributed by atoms with E-state index in [0.29, 0.717) is 0 Å². The number of nitrogens with zero attached hydrogens (tertiary/aromatic N) is 2. The largest absolute Gasteiger partial charge is 2.00 e. The van der Waals surface area contributed by atoms with Crippen LogP contribution < -0.4 is 0 Å². The van der Waals surface area contributed by atoms with Crippen LogP contribution in [0.3, 0.4) is 0 Å². The van der Waals surface area contributed by atoms with Crippen molar-refractivity contribution in [1.29, 1.82) is 0 Å². The Morgan fingerprint density at radius 1 is 0.439 bits per heavy atom. The van der Waals surface area contributed by atoms with Crippen LogP contribution in [-0.2, 0) is 44.7 Å². The average Bonchev–Trinajstić information content (AvgIpc) is 3.63. The van der Waals surface area contributed by atoms with Gasteiger partial charge in [-0.05, 0) is 56.9 Å². The van der Waals surface area contributed by atoms with Gasteiger partial charge in [0.05, 0.1) is 20.4 Å². The summed E-state index contributed by atoms with van der Waals surface area (Å²) in [7, 11) is 0. The van der Waals surface area contributed by atoms with Crippen LogP contribution in [0.4, 0.5) is 0 Å². The van der Waals surface area contributed by atoms with Crippen molar-refractivity contribution in [2.24, 2.45) is 0 Å². The van der Waals surface area contributed by atoms with Gasteiger partial charge >= 0.3 is 19.5 Å². The van der Waals surface area contributed by atoms with Crippen molar-refractivity contribution in [3.63, 3.8) is 0 Å². The quantitative estimate of drug-likeness (QED) is 0.137. The third-order valence-electron chi connectivity index (χ3n) is 6.81. The van der Waals surface area contributed by atoms with Crippen LogP contribution in [0.25, 0.3) is 63.1 Å². The molecule has 8 rings (SSSR count). The second-order valence-electron chi connectivity index (χ2n) is 9.30. The van der Waals surface area contributed by atoms with Gasteiger partial charge in [0.25, 0.3) is 0 Å². The molecule has 0 spiro atoms. The summed E-state index contributed by atoms with van der Waals surface area (Å²) in [5, 5.41) is 6.62. The van der Waals surface area contributed by atoms with Gasteiger partial charge in [-0.3, -0.25) is 0 Å². The zero-order chi connectivity index (χ0) is 27.1. The summed E-state index contributed by atoms with van der Waals surface area (Å²) in [5.74, 6) is 0. The minimum atomic E-state index is 0. The predicted molar refractivity (Wildman–Crippen MR) is 176 cm³/mol. The van der Waals surface area contributed by atoms with E-state index in [-0.39, 0.29) is 19.5 Å². The normalized spacial score (nSPS) is 10.9. The number of benzene rings is 6. The average molecular weight is 650 g/mol. The fourth-order valence-corrected chi connectivity index (χ4v) is 7.62. The van der Waals surface area contributed by atoms with Gasteiger partial charge in [-0.2, -0.15) is 9.79 Å². The molecule has 8 aromatic rings. The molecular formula is C34H20N2S4Zn. The molecule has 0 amide bonds. The first-order chi connectivity index (χ1) is 19.7. The van der Waals surface area contributed by atoms with E-state index >= 15 is 0 Å². The van der Waals surface area contributed by atoms with Crippen LogP contribution in [0.2, 0.25) is 0 Å². The van der Waals surface area contributed by atoms with E-state index < -0.39 is 0 Å². The van der Waals surface area contributed by atoms with Crippen LogP contribution in [0.15, 0.2) is 131 Å². The Bertz CT molecular complexity index is 1950. The Kier molecular flexibility index (Phi) is 8.07. The number of aromatic nitrogens is 2. The Morgan fingerprint density at radius 3 is 1.27 bits per heavy atom. The third kappa shape index (κ3) is 5.37. The van der Waals surface area contributed by atoms with Crippen molar-refractivity contribution in [2.75, 3.05) is 0 Å². The summed E-state index contributed by atoms with van der Waals surface area (Å²) < 4.78 is 2.40. The van der Waals surface area contributed by atoms with Crippen molar-refractivity contribution in [3.05, 3.63) is 121 Å². The smallest absolute Gasteiger partial charge is 0.778 e. The van der Waals surface area contributed by atoms with Crippen LogP contribution in [0, 0.1) is 0 Å². The van der Waals surface area contributed by atoms with E-state index in [1.807, 2.05) is 60.7 Å².